The standard InChI is InChI=1S/C21H23ClN2O3/c1-3-27-18-10-9-14(12-19(18)26-2)20-23-11-5-8-17(23)21(25)24(20)16-7-4-6-15(22)13-16/h4,6-7,9-10,12-13,17,20H,3,5,8,11H2,1-2H3/t17-,20-/m0/s1. The molecule has 0 radical (unpaired) electrons. The second kappa shape index (κ2) is 7.41. The fraction of sp³-hybridized carbons (Fsp3) is 0.381. The van der Waals surface area contributed by atoms with Gasteiger partial charge in [0.1, 0.15) is 6.17 Å². The molecule has 0 aliphatic carbocycles. The highest BCUT2D eigenvalue weighted by atomic mass is 35.5. The number of rotatable bonds is 5. The van der Waals surface area contributed by atoms with Gasteiger partial charge in [0.25, 0.3) is 0 Å². The highest BCUT2D eigenvalue weighted by Gasteiger charge is 2.49. The van der Waals surface area contributed by atoms with Crippen LogP contribution in [0.5, 0.6) is 11.5 Å². The predicted octanol–water partition coefficient (Wildman–Crippen LogP) is 4.26. The van der Waals surface area contributed by atoms with Gasteiger partial charge in [-0.3, -0.25) is 14.6 Å². The lowest BCUT2D eigenvalue weighted by Gasteiger charge is -2.30. The van der Waals surface area contributed by atoms with Crippen molar-refractivity contribution in [3.05, 3.63) is 53.1 Å². The van der Waals surface area contributed by atoms with Crippen molar-refractivity contribution < 1.29 is 14.3 Å². The van der Waals surface area contributed by atoms with Crippen molar-refractivity contribution in [1.82, 2.24) is 4.90 Å². The maximum absolute atomic E-state index is 13.2. The van der Waals surface area contributed by atoms with E-state index in [9.17, 15) is 4.79 Å². The number of nitrogens with zero attached hydrogens (tertiary/aromatic N) is 2. The number of benzene rings is 2. The Kier molecular flexibility index (Phi) is 4.98. The highest BCUT2D eigenvalue weighted by molar-refractivity contribution is 6.31. The summed E-state index contributed by atoms with van der Waals surface area (Å²) < 4.78 is 11.2. The zero-order chi connectivity index (χ0) is 19.0. The summed E-state index contributed by atoms with van der Waals surface area (Å²) >= 11 is 6.20. The lowest BCUT2D eigenvalue weighted by atomic mass is 10.1. The minimum atomic E-state index is -0.173. The Balaban J connectivity index is 1.79. The Morgan fingerprint density at radius 3 is 2.78 bits per heavy atom. The number of carbonyl (C=O) groups excluding carboxylic acids is 1. The van der Waals surface area contributed by atoms with Gasteiger partial charge in [0.15, 0.2) is 11.5 Å². The molecule has 4 rings (SSSR count). The summed E-state index contributed by atoms with van der Waals surface area (Å²) in [4.78, 5) is 17.3. The molecule has 1 amide bonds. The number of hydrogen-bond acceptors (Lipinski definition) is 4. The van der Waals surface area contributed by atoms with Gasteiger partial charge in [-0.05, 0) is 55.7 Å². The molecule has 0 bridgehead atoms. The molecule has 0 aromatic heterocycles. The van der Waals surface area contributed by atoms with Crippen molar-refractivity contribution in [3.63, 3.8) is 0 Å². The molecule has 0 unspecified atom stereocenters. The summed E-state index contributed by atoms with van der Waals surface area (Å²) in [5, 5.41) is 0.621. The minimum absolute atomic E-state index is 0.0773. The summed E-state index contributed by atoms with van der Waals surface area (Å²) in [5.41, 5.74) is 1.83. The van der Waals surface area contributed by atoms with Crippen LogP contribution in [0.15, 0.2) is 42.5 Å². The lowest BCUT2D eigenvalue weighted by Crippen LogP contribution is -2.32. The van der Waals surface area contributed by atoms with Crippen LogP contribution in [0.3, 0.4) is 0 Å². The molecule has 2 aliphatic rings. The summed E-state index contributed by atoms with van der Waals surface area (Å²) in [6, 6.07) is 13.3. The SMILES string of the molecule is CCOc1ccc([C@@H]2N(c3cccc(Cl)c3)C(=O)[C@@H]3CCCN23)cc1OC. The molecule has 2 aromatic carbocycles. The molecular weight excluding hydrogens is 364 g/mol. The Bertz CT molecular complexity index is 857. The van der Waals surface area contributed by atoms with Gasteiger partial charge < -0.3 is 9.47 Å². The molecule has 2 fully saturated rings. The van der Waals surface area contributed by atoms with Crippen LogP contribution in [0.25, 0.3) is 0 Å². The first kappa shape index (κ1) is 18.1. The Hall–Kier alpha value is -2.24. The van der Waals surface area contributed by atoms with Crippen molar-refractivity contribution in [2.45, 2.75) is 32.0 Å². The number of halogens is 1. The van der Waals surface area contributed by atoms with E-state index < -0.39 is 0 Å². The van der Waals surface area contributed by atoms with Gasteiger partial charge in [0.05, 0.1) is 19.8 Å². The predicted molar refractivity (Wildman–Crippen MR) is 106 cm³/mol. The van der Waals surface area contributed by atoms with Crippen molar-refractivity contribution in [1.29, 1.82) is 0 Å². The molecule has 0 N–H and O–H groups in total. The van der Waals surface area contributed by atoms with Crippen LogP contribution in [0.1, 0.15) is 31.5 Å². The van der Waals surface area contributed by atoms with Crippen LogP contribution in [-0.4, -0.2) is 37.1 Å². The van der Waals surface area contributed by atoms with Gasteiger partial charge in [-0.1, -0.05) is 23.7 Å². The summed E-state index contributed by atoms with van der Waals surface area (Å²) in [6.07, 6.45) is 1.75. The maximum atomic E-state index is 13.2. The van der Waals surface area contributed by atoms with Gasteiger partial charge in [0.2, 0.25) is 5.91 Å². The van der Waals surface area contributed by atoms with Crippen LogP contribution >= 0.6 is 11.6 Å². The zero-order valence-corrected chi connectivity index (χ0v) is 16.3. The molecule has 0 saturated carbocycles. The third-order valence-corrected chi connectivity index (χ3v) is 5.48. The van der Waals surface area contributed by atoms with Gasteiger partial charge >= 0.3 is 0 Å². The molecule has 0 spiro atoms. The third kappa shape index (κ3) is 3.15. The van der Waals surface area contributed by atoms with Crippen LogP contribution in [0.2, 0.25) is 5.02 Å². The first-order valence-electron chi connectivity index (χ1n) is 9.29. The summed E-state index contributed by atoms with van der Waals surface area (Å²) in [5.74, 6) is 1.52. The van der Waals surface area contributed by atoms with Gasteiger partial charge in [-0.2, -0.15) is 0 Å². The second-order valence-corrected chi connectivity index (χ2v) is 7.24. The molecule has 5 nitrogen and oxygen atoms in total. The number of ether oxygens (including phenoxy) is 2. The van der Waals surface area contributed by atoms with Gasteiger partial charge in [0, 0.05) is 17.3 Å². The third-order valence-electron chi connectivity index (χ3n) is 5.25. The summed E-state index contributed by atoms with van der Waals surface area (Å²) in [6.45, 7) is 3.41. The van der Waals surface area contributed by atoms with Crippen molar-refractivity contribution >= 4 is 23.2 Å². The molecule has 2 saturated heterocycles. The van der Waals surface area contributed by atoms with E-state index in [4.69, 9.17) is 21.1 Å². The first-order valence-corrected chi connectivity index (χ1v) is 9.67. The number of anilines is 1. The Labute approximate surface area is 164 Å². The zero-order valence-electron chi connectivity index (χ0n) is 15.5. The van der Waals surface area contributed by atoms with Crippen LogP contribution in [-0.2, 0) is 4.79 Å². The van der Waals surface area contributed by atoms with E-state index in [1.807, 2.05) is 54.3 Å². The molecule has 27 heavy (non-hydrogen) atoms. The van der Waals surface area contributed by atoms with Crippen molar-refractivity contribution in [2.24, 2.45) is 0 Å². The Morgan fingerprint density at radius 1 is 1.19 bits per heavy atom. The molecular formula is C21H23ClN2O3. The van der Waals surface area contributed by atoms with Crippen molar-refractivity contribution in [2.75, 3.05) is 25.2 Å². The van der Waals surface area contributed by atoms with E-state index in [0.717, 1.165) is 30.6 Å². The maximum Gasteiger partial charge on any atom is 0.246 e. The monoisotopic (exact) mass is 386 g/mol. The quantitative estimate of drug-likeness (QED) is 0.770. The fourth-order valence-corrected chi connectivity index (χ4v) is 4.32. The molecule has 142 valence electrons. The second-order valence-electron chi connectivity index (χ2n) is 6.80. The minimum Gasteiger partial charge on any atom is -0.493 e. The molecule has 2 atom stereocenters. The highest BCUT2D eigenvalue weighted by Crippen LogP contribution is 2.44. The smallest absolute Gasteiger partial charge is 0.246 e. The van der Waals surface area contributed by atoms with Crippen LogP contribution < -0.4 is 14.4 Å². The van der Waals surface area contributed by atoms with E-state index in [-0.39, 0.29) is 18.1 Å². The van der Waals surface area contributed by atoms with E-state index in [2.05, 4.69) is 4.90 Å². The van der Waals surface area contributed by atoms with E-state index in [1.165, 1.54) is 0 Å². The number of amides is 1. The molecule has 2 aromatic rings. The molecule has 6 heteroatoms. The van der Waals surface area contributed by atoms with E-state index >= 15 is 0 Å². The first-order chi connectivity index (χ1) is 13.1. The number of hydrogen-bond donors (Lipinski definition) is 0. The molecule has 2 aliphatic heterocycles. The normalized spacial score (nSPS) is 22.2. The summed E-state index contributed by atoms with van der Waals surface area (Å²) in [7, 11) is 1.63. The average Bonchev–Trinajstić information content (AvgIpc) is 3.24. The number of fused-ring (bicyclic) bond motifs is 1. The van der Waals surface area contributed by atoms with Gasteiger partial charge in [-0.15, -0.1) is 0 Å². The Morgan fingerprint density at radius 2 is 2.04 bits per heavy atom. The van der Waals surface area contributed by atoms with E-state index in [1.54, 1.807) is 7.11 Å². The van der Waals surface area contributed by atoms with E-state index in [0.29, 0.717) is 23.1 Å². The van der Waals surface area contributed by atoms with Crippen molar-refractivity contribution in [3.8, 4) is 11.5 Å². The average molecular weight is 387 g/mol. The van der Waals surface area contributed by atoms with Gasteiger partial charge in [-0.25, -0.2) is 0 Å². The lowest BCUT2D eigenvalue weighted by molar-refractivity contribution is -0.119. The number of methoxy groups -OCH3 is 1. The largest absolute Gasteiger partial charge is 0.493 e. The van der Waals surface area contributed by atoms with Crippen LogP contribution in [0.4, 0.5) is 5.69 Å². The topological polar surface area (TPSA) is 42.0 Å². The molecule has 2 heterocycles. The number of carbonyl (C=O) groups is 1. The fourth-order valence-electron chi connectivity index (χ4n) is 4.13. The van der Waals surface area contributed by atoms with Crippen LogP contribution in [0, 0.1) is 0 Å².